The summed E-state index contributed by atoms with van der Waals surface area (Å²) in [6.07, 6.45) is 0. The first kappa shape index (κ1) is 20.5. The van der Waals surface area contributed by atoms with Crippen LogP contribution in [-0.4, -0.2) is 43.5 Å². The van der Waals surface area contributed by atoms with Gasteiger partial charge < -0.3 is 15.0 Å². The third-order valence-electron chi connectivity index (χ3n) is 5.13. The summed E-state index contributed by atoms with van der Waals surface area (Å²) in [5, 5.41) is 3.18. The monoisotopic (exact) mass is 393 g/mol. The summed E-state index contributed by atoms with van der Waals surface area (Å²) >= 11 is 0. The Bertz CT molecular complexity index is 931. The van der Waals surface area contributed by atoms with Gasteiger partial charge in [0, 0.05) is 36.6 Å². The topological polar surface area (TPSA) is 61.9 Å². The Morgan fingerprint density at radius 3 is 2.17 bits per heavy atom. The van der Waals surface area contributed by atoms with Crippen molar-refractivity contribution in [3.8, 4) is 5.75 Å². The van der Waals surface area contributed by atoms with Gasteiger partial charge in [0.05, 0.1) is 12.7 Å². The van der Waals surface area contributed by atoms with Crippen LogP contribution in [-0.2, 0) is 9.59 Å². The summed E-state index contributed by atoms with van der Waals surface area (Å²) in [6.45, 7) is 8.17. The molecule has 2 amide bonds. The molecule has 1 aliphatic rings. The summed E-state index contributed by atoms with van der Waals surface area (Å²) in [5.41, 5.74) is 3.08. The van der Waals surface area contributed by atoms with Crippen LogP contribution in [0.4, 0.5) is 11.4 Å². The predicted octanol–water partition coefficient (Wildman–Crippen LogP) is 3.75. The third kappa shape index (κ3) is 3.83. The number of para-hydroxylation sites is 1. The molecule has 0 radical (unpaired) electrons. The molecule has 0 bridgehead atoms. The highest BCUT2D eigenvalue weighted by molar-refractivity contribution is 6.37. The number of benzene rings is 2. The van der Waals surface area contributed by atoms with Crippen molar-refractivity contribution < 1.29 is 14.3 Å². The normalized spacial score (nSPS) is 13.9. The van der Waals surface area contributed by atoms with E-state index in [1.165, 1.54) is 4.90 Å². The van der Waals surface area contributed by atoms with Crippen molar-refractivity contribution in [3.05, 3.63) is 59.8 Å². The number of ether oxygens (including phenoxy) is 1. The lowest BCUT2D eigenvalue weighted by Crippen LogP contribution is -2.32. The van der Waals surface area contributed by atoms with E-state index < -0.39 is 0 Å². The van der Waals surface area contributed by atoms with E-state index in [2.05, 4.69) is 24.1 Å². The van der Waals surface area contributed by atoms with Crippen LogP contribution in [0.1, 0.15) is 26.3 Å². The zero-order valence-corrected chi connectivity index (χ0v) is 17.4. The zero-order chi connectivity index (χ0) is 21.0. The number of nitrogens with one attached hydrogen (secondary N) is 1. The fourth-order valence-corrected chi connectivity index (χ4v) is 3.57. The Morgan fingerprint density at radius 2 is 1.59 bits per heavy atom. The van der Waals surface area contributed by atoms with E-state index >= 15 is 0 Å². The maximum absolute atomic E-state index is 13.0. The first-order chi connectivity index (χ1) is 14.0. The molecule has 0 unspecified atom stereocenters. The number of likely N-dealkylation sites (N-methyl/N-ethyl adjacent to an activating group) is 1. The molecule has 152 valence electrons. The number of hydrogen-bond acceptors (Lipinski definition) is 5. The molecule has 6 heteroatoms. The first-order valence-electron chi connectivity index (χ1n) is 9.91. The quantitative estimate of drug-likeness (QED) is 0.692. The Kier molecular flexibility index (Phi) is 6.22. The number of nitrogens with zero attached hydrogens (tertiary/aromatic N) is 2. The molecule has 6 nitrogen and oxygen atoms in total. The van der Waals surface area contributed by atoms with Gasteiger partial charge in [-0.1, -0.05) is 18.2 Å². The molecular formula is C23H27N3O3. The number of hydrogen-bond donors (Lipinski definition) is 1. The summed E-state index contributed by atoms with van der Waals surface area (Å²) < 4.78 is 5.43. The fourth-order valence-electron chi connectivity index (χ4n) is 3.57. The Balaban J connectivity index is 2.02. The summed E-state index contributed by atoms with van der Waals surface area (Å²) in [7, 11) is 1.55. The largest absolute Gasteiger partial charge is 0.496 e. The number of methoxy groups -OCH3 is 1. The van der Waals surface area contributed by atoms with E-state index in [0.29, 0.717) is 23.4 Å². The summed E-state index contributed by atoms with van der Waals surface area (Å²) in [6, 6.07) is 15.1. The lowest BCUT2D eigenvalue weighted by atomic mass is 10.0. The Labute approximate surface area is 171 Å². The third-order valence-corrected chi connectivity index (χ3v) is 5.13. The molecule has 0 atom stereocenters. The smallest absolute Gasteiger partial charge is 0.278 e. The molecule has 1 heterocycles. The number of amides is 2. The van der Waals surface area contributed by atoms with Crippen molar-refractivity contribution in [2.24, 2.45) is 0 Å². The van der Waals surface area contributed by atoms with Gasteiger partial charge in [0.1, 0.15) is 11.4 Å². The van der Waals surface area contributed by atoms with Gasteiger partial charge in [0.25, 0.3) is 11.8 Å². The number of rotatable bonds is 8. The van der Waals surface area contributed by atoms with Crippen molar-refractivity contribution in [1.29, 1.82) is 0 Å². The molecule has 0 aliphatic carbocycles. The molecule has 1 aliphatic heterocycles. The van der Waals surface area contributed by atoms with Crippen LogP contribution in [0, 0.1) is 0 Å². The highest BCUT2D eigenvalue weighted by Crippen LogP contribution is 2.35. The molecule has 0 spiro atoms. The van der Waals surface area contributed by atoms with Crippen molar-refractivity contribution in [2.45, 2.75) is 20.8 Å². The first-order valence-corrected chi connectivity index (χ1v) is 9.91. The van der Waals surface area contributed by atoms with Crippen LogP contribution in [0.25, 0.3) is 5.57 Å². The molecule has 0 aromatic heterocycles. The van der Waals surface area contributed by atoms with Gasteiger partial charge >= 0.3 is 0 Å². The van der Waals surface area contributed by atoms with Crippen LogP contribution in [0.2, 0.25) is 0 Å². The number of anilines is 2. The van der Waals surface area contributed by atoms with Crippen LogP contribution < -0.4 is 15.0 Å². The van der Waals surface area contributed by atoms with Gasteiger partial charge in [-0.25, -0.2) is 0 Å². The van der Waals surface area contributed by atoms with Gasteiger partial charge in [0.2, 0.25) is 0 Å². The Hall–Kier alpha value is -3.28. The second-order valence-corrected chi connectivity index (χ2v) is 6.65. The molecule has 0 fully saturated rings. The standard InChI is InChI=1S/C23H27N3O3/c1-5-25(6-2)17-14-12-16(13-15-17)24-21-20(22(27)26(7-3)23(21)28)18-10-8-9-11-19(18)29-4/h8-15,24H,5-7H2,1-4H3. The molecule has 29 heavy (non-hydrogen) atoms. The van der Waals surface area contributed by atoms with Crippen LogP contribution >= 0.6 is 0 Å². The van der Waals surface area contributed by atoms with Gasteiger partial charge in [0.15, 0.2) is 0 Å². The average molecular weight is 393 g/mol. The van der Waals surface area contributed by atoms with Crippen LogP contribution in [0.5, 0.6) is 5.75 Å². The minimum atomic E-state index is -0.328. The molecule has 0 saturated heterocycles. The second-order valence-electron chi connectivity index (χ2n) is 6.65. The predicted molar refractivity (Wildman–Crippen MR) is 116 cm³/mol. The highest BCUT2D eigenvalue weighted by atomic mass is 16.5. The maximum atomic E-state index is 13.0. The zero-order valence-electron chi connectivity index (χ0n) is 17.4. The molecule has 3 rings (SSSR count). The van der Waals surface area contributed by atoms with Crippen molar-refractivity contribution in [3.63, 3.8) is 0 Å². The molecular weight excluding hydrogens is 366 g/mol. The van der Waals surface area contributed by atoms with Crippen LogP contribution in [0.3, 0.4) is 0 Å². The SMILES string of the molecule is CCN1C(=O)C(Nc2ccc(N(CC)CC)cc2)=C(c2ccccc2OC)C1=O. The van der Waals surface area contributed by atoms with E-state index in [1.807, 2.05) is 36.4 Å². The van der Waals surface area contributed by atoms with E-state index in [0.717, 1.165) is 24.5 Å². The number of carbonyl (C=O) groups is 2. The molecule has 1 N–H and O–H groups in total. The van der Waals surface area contributed by atoms with Crippen molar-refractivity contribution >= 4 is 28.8 Å². The van der Waals surface area contributed by atoms with Crippen molar-refractivity contribution in [2.75, 3.05) is 37.0 Å². The van der Waals surface area contributed by atoms with E-state index in [1.54, 1.807) is 26.2 Å². The van der Waals surface area contributed by atoms with Gasteiger partial charge in [-0.2, -0.15) is 0 Å². The second kappa shape index (κ2) is 8.82. The lowest BCUT2D eigenvalue weighted by molar-refractivity contribution is -0.136. The minimum absolute atomic E-state index is 0.275. The van der Waals surface area contributed by atoms with E-state index in [4.69, 9.17) is 4.74 Å². The highest BCUT2D eigenvalue weighted by Gasteiger charge is 2.39. The number of imide groups is 1. The van der Waals surface area contributed by atoms with Crippen molar-refractivity contribution in [1.82, 2.24) is 4.90 Å². The summed E-state index contributed by atoms with van der Waals surface area (Å²) in [4.78, 5) is 29.4. The van der Waals surface area contributed by atoms with Gasteiger partial charge in [-0.05, 0) is 51.1 Å². The number of carbonyl (C=O) groups excluding carboxylic acids is 2. The Morgan fingerprint density at radius 1 is 0.931 bits per heavy atom. The van der Waals surface area contributed by atoms with Gasteiger partial charge in [-0.3, -0.25) is 14.5 Å². The maximum Gasteiger partial charge on any atom is 0.278 e. The fraction of sp³-hybridized carbons (Fsp3) is 0.304. The molecule has 2 aromatic rings. The minimum Gasteiger partial charge on any atom is -0.496 e. The molecule has 2 aromatic carbocycles. The molecule has 0 saturated carbocycles. The van der Waals surface area contributed by atoms with Gasteiger partial charge in [-0.15, -0.1) is 0 Å². The van der Waals surface area contributed by atoms with E-state index in [9.17, 15) is 9.59 Å². The average Bonchev–Trinajstić information content (AvgIpc) is 2.98. The van der Waals surface area contributed by atoms with Crippen LogP contribution in [0.15, 0.2) is 54.2 Å². The van der Waals surface area contributed by atoms with E-state index in [-0.39, 0.29) is 17.5 Å². The lowest BCUT2D eigenvalue weighted by Gasteiger charge is -2.21. The summed E-state index contributed by atoms with van der Waals surface area (Å²) in [5.74, 6) is -0.0896.